The predicted molar refractivity (Wildman–Crippen MR) is 117 cm³/mol. The summed E-state index contributed by atoms with van der Waals surface area (Å²) < 4.78 is 39.3. The molecule has 4 nitrogen and oxygen atoms in total. The van der Waals surface area contributed by atoms with E-state index in [1.165, 1.54) is 6.07 Å². The molecule has 0 amide bonds. The minimum absolute atomic E-state index is 0.00232. The number of hydrogen-bond acceptors (Lipinski definition) is 4. The molecular weight excluding hydrogens is 401 g/mol. The fourth-order valence-electron chi connectivity index (χ4n) is 3.27. The van der Waals surface area contributed by atoms with E-state index < -0.39 is 15.7 Å². The van der Waals surface area contributed by atoms with Crippen LogP contribution in [0.15, 0.2) is 94.6 Å². The molecule has 1 aliphatic rings. The molecular formula is C24H22FNO3S. The van der Waals surface area contributed by atoms with Gasteiger partial charge in [-0.25, -0.2) is 12.8 Å². The molecule has 2 aromatic rings. The number of anilines is 1. The SMILES string of the molecule is CN(CC1=C(CCS(=O)(=O)c2ccccc2)C=CC=C=C1)c1cccc(F)c1C=O. The van der Waals surface area contributed by atoms with Crippen LogP contribution in [0, 0.1) is 5.82 Å². The molecule has 0 aromatic heterocycles. The molecule has 154 valence electrons. The zero-order valence-corrected chi connectivity index (χ0v) is 17.4. The maximum atomic E-state index is 14.0. The molecule has 1 aliphatic carbocycles. The summed E-state index contributed by atoms with van der Waals surface area (Å²) in [6.45, 7) is 0.371. The first-order valence-corrected chi connectivity index (χ1v) is 11.1. The Morgan fingerprint density at radius 3 is 2.57 bits per heavy atom. The number of likely N-dealkylation sites (N-methyl/N-ethyl adjacent to an activating group) is 1. The lowest BCUT2D eigenvalue weighted by Gasteiger charge is -2.23. The van der Waals surface area contributed by atoms with E-state index in [9.17, 15) is 17.6 Å². The second-order valence-corrected chi connectivity index (χ2v) is 9.02. The average Bonchev–Trinajstić information content (AvgIpc) is 2.97. The van der Waals surface area contributed by atoms with Crippen LogP contribution in [-0.4, -0.2) is 34.0 Å². The normalized spacial score (nSPS) is 13.4. The van der Waals surface area contributed by atoms with Gasteiger partial charge >= 0.3 is 0 Å². The molecule has 0 saturated heterocycles. The Labute approximate surface area is 176 Å². The zero-order valence-electron chi connectivity index (χ0n) is 16.6. The van der Waals surface area contributed by atoms with E-state index in [4.69, 9.17) is 0 Å². The maximum Gasteiger partial charge on any atom is 0.178 e. The van der Waals surface area contributed by atoms with Gasteiger partial charge in [0.15, 0.2) is 16.1 Å². The third kappa shape index (κ3) is 5.03. The average molecular weight is 424 g/mol. The van der Waals surface area contributed by atoms with Crippen molar-refractivity contribution >= 4 is 21.8 Å². The molecule has 0 saturated carbocycles. The van der Waals surface area contributed by atoms with Gasteiger partial charge in [0.2, 0.25) is 0 Å². The third-order valence-electron chi connectivity index (χ3n) is 4.87. The Kier molecular flexibility index (Phi) is 6.83. The van der Waals surface area contributed by atoms with Crippen LogP contribution in [0.25, 0.3) is 0 Å². The lowest BCUT2D eigenvalue weighted by Crippen LogP contribution is -2.22. The molecule has 0 bridgehead atoms. The van der Waals surface area contributed by atoms with Gasteiger partial charge in [-0.05, 0) is 54.0 Å². The minimum Gasteiger partial charge on any atom is -0.370 e. The van der Waals surface area contributed by atoms with Crippen LogP contribution >= 0.6 is 0 Å². The maximum absolute atomic E-state index is 14.0. The Hall–Kier alpha value is -3.21. The molecule has 6 heteroatoms. The number of carbonyl (C=O) groups excluding carboxylic acids is 1. The molecule has 0 fully saturated rings. The van der Waals surface area contributed by atoms with Crippen LogP contribution in [0.2, 0.25) is 0 Å². The van der Waals surface area contributed by atoms with Gasteiger partial charge in [0.25, 0.3) is 0 Å². The van der Waals surface area contributed by atoms with Crippen LogP contribution < -0.4 is 4.90 Å². The van der Waals surface area contributed by atoms with Crippen molar-refractivity contribution in [1.29, 1.82) is 0 Å². The summed E-state index contributed by atoms with van der Waals surface area (Å²) in [5.41, 5.74) is 5.21. The Bertz CT molecular complexity index is 1160. The largest absolute Gasteiger partial charge is 0.370 e. The first kappa shape index (κ1) is 21.5. The van der Waals surface area contributed by atoms with E-state index >= 15 is 0 Å². The lowest BCUT2D eigenvalue weighted by molar-refractivity contribution is 0.112. The molecule has 0 N–H and O–H groups in total. The highest BCUT2D eigenvalue weighted by atomic mass is 32.2. The summed E-state index contributed by atoms with van der Waals surface area (Å²) in [5.74, 6) is -0.606. The van der Waals surface area contributed by atoms with Crippen molar-refractivity contribution < 1.29 is 17.6 Å². The summed E-state index contributed by atoms with van der Waals surface area (Å²) in [7, 11) is -1.65. The number of benzene rings is 2. The zero-order chi connectivity index (χ0) is 21.6. The number of hydrogen-bond donors (Lipinski definition) is 0. The number of aldehydes is 1. The Morgan fingerprint density at radius 2 is 1.83 bits per heavy atom. The highest BCUT2D eigenvalue weighted by molar-refractivity contribution is 7.91. The van der Waals surface area contributed by atoms with Crippen molar-refractivity contribution in [3.63, 3.8) is 0 Å². The second kappa shape index (κ2) is 9.53. The highest BCUT2D eigenvalue weighted by Crippen LogP contribution is 2.24. The summed E-state index contributed by atoms with van der Waals surface area (Å²) in [4.78, 5) is 13.4. The number of carbonyl (C=O) groups is 1. The van der Waals surface area contributed by atoms with E-state index in [-0.39, 0.29) is 11.3 Å². The van der Waals surface area contributed by atoms with Gasteiger partial charge in [0, 0.05) is 13.6 Å². The first-order valence-electron chi connectivity index (χ1n) is 9.46. The Balaban J connectivity index is 1.85. The van der Waals surface area contributed by atoms with Crippen LogP contribution in [0.4, 0.5) is 10.1 Å². The van der Waals surface area contributed by atoms with Crippen LogP contribution in [0.3, 0.4) is 0 Å². The van der Waals surface area contributed by atoms with E-state index in [1.807, 2.05) is 12.2 Å². The van der Waals surface area contributed by atoms with Gasteiger partial charge in [0.05, 0.1) is 21.9 Å². The fourth-order valence-corrected chi connectivity index (χ4v) is 4.56. The van der Waals surface area contributed by atoms with Crippen molar-refractivity contribution in [3.05, 3.63) is 101 Å². The molecule has 3 rings (SSSR count). The van der Waals surface area contributed by atoms with Crippen molar-refractivity contribution in [1.82, 2.24) is 0 Å². The quantitative estimate of drug-likeness (QED) is 0.463. The number of nitrogens with zero attached hydrogens (tertiary/aromatic N) is 1. The third-order valence-corrected chi connectivity index (χ3v) is 6.60. The molecule has 0 aliphatic heterocycles. The summed E-state index contributed by atoms with van der Waals surface area (Å²) in [5, 5.41) is 0. The van der Waals surface area contributed by atoms with E-state index in [0.29, 0.717) is 29.8 Å². The molecule has 0 unspecified atom stereocenters. The Morgan fingerprint density at radius 1 is 1.07 bits per heavy atom. The second-order valence-electron chi connectivity index (χ2n) is 6.92. The molecule has 0 heterocycles. The molecule has 0 radical (unpaired) electrons. The van der Waals surface area contributed by atoms with Gasteiger partial charge in [-0.3, -0.25) is 4.79 Å². The molecule has 2 aromatic carbocycles. The topological polar surface area (TPSA) is 54.5 Å². The van der Waals surface area contributed by atoms with Gasteiger partial charge in [-0.2, -0.15) is 0 Å². The van der Waals surface area contributed by atoms with E-state index in [1.54, 1.807) is 66.6 Å². The number of rotatable bonds is 8. The predicted octanol–water partition coefficient (Wildman–Crippen LogP) is 4.52. The number of sulfone groups is 1. The van der Waals surface area contributed by atoms with Crippen molar-refractivity contribution in [2.45, 2.75) is 11.3 Å². The fraction of sp³-hybridized carbons (Fsp3) is 0.167. The molecule has 30 heavy (non-hydrogen) atoms. The standard InChI is InChI=1S/C24H22FNO3S/c1-26(24-14-8-13-23(25)22(24)18-27)17-20-10-5-2-4-9-19(20)15-16-30(28,29)21-11-6-3-7-12-21/h2-4,6-14,18H,15-17H2,1H3. The van der Waals surface area contributed by atoms with Crippen LogP contribution in [-0.2, 0) is 9.84 Å². The summed E-state index contributed by atoms with van der Waals surface area (Å²) >= 11 is 0. The van der Waals surface area contributed by atoms with Crippen LogP contribution in [0.5, 0.6) is 0 Å². The van der Waals surface area contributed by atoms with E-state index in [2.05, 4.69) is 5.73 Å². The van der Waals surface area contributed by atoms with Gasteiger partial charge < -0.3 is 4.90 Å². The van der Waals surface area contributed by atoms with E-state index in [0.717, 1.165) is 11.1 Å². The number of allylic oxidation sites excluding steroid dienone is 3. The lowest BCUT2D eigenvalue weighted by atomic mass is 10.0. The van der Waals surface area contributed by atoms with Crippen molar-refractivity contribution in [2.24, 2.45) is 0 Å². The summed E-state index contributed by atoms with van der Waals surface area (Å²) in [6, 6.07) is 12.8. The van der Waals surface area contributed by atoms with Gasteiger partial charge in [0.1, 0.15) is 5.82 Å². The first-order chi connectivity index (χ1) is 14.4. The smallest absolute Gasteiger partial charge is 0.178 e. The van der Waals surface area contributed by atoms with Gasteiger partial charge in [-0.1, -0.05) is 36.4 Å². The molecule has 0 atom stereocenters. The summed E-state index contributed by atoms with van der Waals surface area (Å²) in [6.07, 6.45) is 8.05. The van der Waals surface area contributed by atoms with Crippen molar-refractivity contribution in [3.8, 4) is 0 Å². The minimum atomic E-state index is -3.41. The monoisotopic (exact) mass is 423 g/mol. The van der Waals surface area contributed by atoms with Crippen molar-refractivity contribution in [2.75, 3.05) is 24.2 Å². The highest BCUT2D eigenvalue weighted by Gasteiger charge is 2.17. The number of halogens is 1. The molecule has 0 spiro atoms. The van der Waals surface area contributed by atoms with Crippen LogP contribution in [0.1, 0.15) is 16.8 Å². The van der Waals surface area contributed by atoms with Gasteiger partial charge in [-0.15, -0.1) is 5.73 Å².